The fraction of sp³-hybridized carbons (Fsp3) is 0.118. The van der Waals surface area contributed by atoms with Crippen molar-refractivity contribution in [2.24, 2.45) is 0 Å². The highest BCUT2D eigenvalue weighted by atomic mass is 32.1. The first-order valence-electron chi connectivity index (χ1n) is 7.49. The van der Waals surface area contributed by atoms with Crippen molar-refractivity contribution in [3.8, 4) is 21.4 Å². The van der Waals surface area contributed by atoms with Crippen molar-refractivity contribution in [2.75, 3.05) is 0 Å². The van der Waals surface area contributed by atoms with Gasteiger partial charge in [0.25, 0.3) is 5.91 Å². The molecule has 0 aliphatic rings. The van der Waals surface area contributed by atoms with Crippen molar-refractivity contribution >= 4 is 28.6 Å². The fourth-order valence-electron chi connectivity index (χ4n) is 2.27. The Balaban J connectivity index is 1.44. The lowest BCUT2D eigenvalue weighted by atomic mass is 10.3. The number of hydrogen-bond donors (Lipinski definition) is 1. The zero-order valence-corrected chi connectivity index (χ0v) is 14.8. The molecule has 0 aromatic carbocycles. The van der Waals surface area contributed by atoms with Crippen molar-refractivity contribution < 1.29 is 13.7 Å². The van der Waals surface area contributed by atoms with Crippen molar-refractivity contribution in [2.45, 2.75) is 13.5 Å². The number of rotatable bonds is 5. The molecule has 0 saturated heterocycles. The largest absolute Gasteiger partial charge is 0.461 e. The van der Waals surface area contributed by atoms with E-state index in [1.807, 2.05) is 24.4 Å². The van der Waals surface area contributed by atoms with E-state index >= 15 is 0 Å². The molecule has 4 aromatic rings. The summed E-state index contributed by atoms with van der Waals surface area (Å²) in [5, 5.41) is 9.64. The molecule has 0 aliphatic carbocycles. The number of thiophene rings is 1. The van der Waals surface area contributed by atoms with Crippen molar-refractivity contribution in [3.05, 3.63) is 58.2 Å². The fourth-order valence-corrected chi connectivity index (χ4v) is 4.06. The van der Waals surface area contributed by atoms with Gasteiger partial charge in [-0.2, -0.15) is 0 Å². The Morgan fingerprint density at radius 3 is 2.96 bits per heavy atom. The SMILES string of the molecule is Cc1nc(-c2cccs2)sc1CNC(=O)c1cc(-c2ccco2)on1. The number of aryl methyl sites for hydroxylation is 1. The van der Waals surface area contributed by atoms with E-state index in [9.17, 15) is 4.79 Å². The second kappa shape index (κ2) is 6.66. The number of carbonyl (C=O) groups excluding carboxylic acids is 1. The molecule has 0 fully saturated rings. The van der Waals surface area contributed by atoms with Crippen LogP contribution in [0.1, 0.15) is 21.1 Å². The molecular formula is C17H13N3O3S2. The second-order valence-electron chi connectivity index (χ2n) is 5.24. The van der Waals surface area contributed by atoms with Gasteiger partial charge in [-0.1, -0.05) is 11.2 Å². The molecule has 0 unspecified atom stereocenters. The maximum absolute atomic E-state index is 12.3. The Labute approximate surface area is 151 Å². The topological polar surface area (TPSA) is 81.2 Å². The van der Waals surface area contributed by atoms with E-state index in [1.165, 1.54) is 6.26 Å². The highest BCUT2D eigenvalue weighted by molar-refractivity contribution is 7.21. The number of nitrogens with one attached hydrogen (secondary N) is 1. The van der Waals surface area contributed by atoms with Gasteiger partial charge in [0.15, 0.2) is 11.5 Å². The summed E-state index contributed by atoms with van der Waals surface area (Å²) in [5.74, 6) is 0.654. The van der Waals surface area contributed by atoms with Crippen LogP contribution in [0.5, 0.6) is 0 Å². The van der Waals surface area contributed by atoms with Gasteiger partial charge in [-0.3, -0.25) is 4.79 Å². The van der Waals surface area contributed by atoms with E-state index < -0.39 is 0 Å². The molecule has 0 atom stereocenters. The van der Waals surface area contributed by atoms with E-state index in [-0.39, 0.29) is 11.6 Å². The molecule has 0 radical (unpaired) electrons. The summed E-state index contributed by atoms with van der Waals surface area (Å²) < 4.78 is 10.4. The molecule has 0 aliphatic heterocycles. The summed E-state index contributed by atoms with van der Waals surface area (Å²) in [5.41, 5.74) is 1.14. The van der Waals surface area contributed by atoms with E-state index in [0.717, 1.165) is 20.5 Å². The minimum Gasteiger partial charge on any atom is -0.461 e. The first-order chi connectivity index (χ1) is 12.2. The summed E-state index contributed by atoms with van der Waals surface area (Å²) in [7, 11) is 0. The molecule has 1 amide bonds. The average molecular weight is 371 g/mol. The Kier molecular flexibility index (Phi) is 4.21. The molecule has 6 nitrogen and oxygen atoms in total. The van der Waals surface area contributed by atoms with Gasteiger partial charge in [0.2, 0.25) is 5.76 Å². The van der Waals surface area contributed by atoms with Crippen LogP contribution in [0.15, 0.2) is 50.9 Å². The molecule has 0 saturated carbocycles. The standard InChI is InChI=1S/C17H13N3O3S2/c1-10-15(25-17(19-10)14-5-3-7-24-14)9-18-16(21)11-8-13(23-20-11)12-4-2-6-22-12/h2-8H,9H2,1H3,(H,18,21). The Bertz CT molecular complexity index is 985. The second-order valence-corrected chi connectivity index (χ2v) is 7.27. The predicted octanol–water partition coefficient (Wildman–Crippen LogP) is 4.36. The third-order valence-electron chi connectivity index (χ3n) is 3.54. The van der Waals surface area contributed by atoms with E-state index in [4.69, 9.17) is 8.94 Å². The van der Waals surface area contributed by atoms with Gasteiger partial charge < -0.3 is 14.3 Å². The normalized spacial score (nSPS) is 10.9. The quantitative estimate of drug-likeness (QED) is 0.564. The Morgan fingerprint density at radius 2 is 2.20 bits per heavy atom. The highest BCUT2D eigenvalue weighted by Gasteiger charge is 2.16. The van der Waals surface area contributed by atoms with Crippen LogP contribution in [-0.2, 0) is 6.54 Å². The Morgan fingerprint density at radius 1 is 1.28 bits per heavy atom. The highest BCUT2D eigenvalue weighted by Crippen LogP contribution is 2.31. The summed E-state index contributed by atoms with van der Waals surface area (Å²) in [4.78, 5) is 19.0. The molecule has 0 bridgehead atoms. The van der Waals surface area contributed by atoms with Crippen molar-refractivity contribution in [1.29, 1.82) is 0 Å². The van der Waals surface area contributed by atoms with E-state index in [1.54, 1.807) is 40.9 Å². The Hall–Kier alpha value is -2.71. The maximum Gasteiger partial charge on any atom is 0.273 e. The lowest BCUT2D eigenvalue weighted by Crippen LogP contribution is -2.22. The van der Waals surface area contributed by atoms with Crippen molar-refractivity contribution in [3.63, 3.8) is 0 Å². The van der Waals surface area contributed by atoms with Gasteiger partial charge in [0.05, 0.1) is 23.4 Å². The number of aromatic nitrogens is 2. The number of carbonyl (C=O) groups is 1. The van der Waals surface area contributed by atoms with Crippen molar-refractivity contribution in [1.82, 2.24) is 15.5 Å². The molecule has 4 rings (SSSR count). The van der Waals surface area contributed by atoms with E-state index in [2.05, 4.69) is 15.5 Å². The van der Waals surface area contributed by atoms with Gasteiger partial charge in [-0.15, -0.1) is 22.7 Å². The van der Waals surface area contributed by atoms with E-state index in [0.29, 0.717) is 18.1 Å². The smallest absolute Gasteiger partial charge is 0.273 e. The van der Waals surface area contributed by atoms with Crippen LogP contribution in [0, 0.1) is 6.92 Å². The number of nitrogens with zero attached hydrogens (tertiary/aromatic N) is 2. The first kappa shape index (κ1) is 15.8. The van der Waals surface area contributed by atoms with Crippen LogP contribution in [0.3, 0.4) is 0 Å². The lowest BCUT2D eigenvalue weighted by Gasteiger charge is -2.00. The molecule has 1 N–H and O–H groups in total. The van der Waals surface area contributed by atoms with Crippen LogP contribution in [0.2, 0.25) is 0 Å². The summed E-state index contributed by atoms with van der Waals surface area (Å²) in [6.45, 7) is 2.34. The van der Waals surface area contributed by atoms with Gasteiger partial charge in [0.1, 0.15) is 5.01 Å². The van der Waals surface area contributed by atoms with Crippen LogP contribution in [-0.4, -0.2) is 16.0 Å². The zero-order chi connectivity index (χ0) is 17.2. The third kappa shape index (κ3) is 3.26. The molecule has 25 heavy (non-hydrogen) atoms. The van der Waals surface area contributed by atoms with Crippen LogP contribution in [0.4, 0.5) is 0 Å². The predicted molar refractivity (Wildman–Crippen MR) is 95.5 cm³/mol. The maximum atomic E-state index is 12.3. The van der Waals surface area contributed by atoms with Gasteiger partial charge >= 0.3 is 0 Å². The number of hydrogen-bond acceptors (Lipinski definition) is 7. The molecule has 4 heterocycles. The number of amides is 1. The summed E-state index contributed by atoms with van der Waals surface area (Å²) >= 11 is 3.23. The number of thiazole rings is 1. The minimum absolute atomic E-state index is 0.215. The first-order valence-corrected chi connectivity index (χ1v) is 9.19. The minimum atomic E-state index is -0.299. The van der Waals surface area contributed by atoms with Gasteiger partial charge in [-0.25, -0.2) is 4.98 Å². The average Bonchev–Trinajstić information content (AvgIpc) is 3.39. The van der Waals surface area contributed by atoms with Crippen LogP contribution >= 0.6 is 22.7 Å². The van der Waals surface area contributed by atoms with Gasteiger partial charge in [0, 0.05) is 10.9 Å². The van der Waals surface area contributed by atoms with Crippen LogP contribution < -0.4 is 5.32 Å². The van der Waals surface area contributed by atoms with Gasteiger partial charge in [-0.05, 0) is 30.5 Å². The molecular weight excluding hydrogens is 358 g/mol. The summed E-state index contributed by atoms with van der Waals surface area (Å²) in [6.07, 6.45) is 1.54. The third-order valence-corrected chi connectivity index (χ3v) is 5.74. The number of furan rings is 1. The van der Waals surface area contributed by atoms with Crippen LogP contribution in [0.25, 0.3) is 21.4 Å². The molecule has 0 spiro atoms. The molecule has 4 aromatic heterocycles. The summed E-state index contributed by atoms with van der Waals surface area (Å²) in [6, 6.07) is 9.09. The monoisotopic (exact) mass is 371 g/mol. The molecule has 126 valence electrons. The zero-order valence-electron chi connectivity index (χ0n) is 13.2. The molecule has 8 heteroatoms. The lowest BCUT2D eigenvalue weighted by molar-refractivity contribution is 0.0942.